The quantitative estimate of drug-likeness (QED) is 0.849. The van der Waals surface area contributed by atoms with Crippen molar-refractivity contribution in [3.8, 4) is 0 Å². The molecule has 0 fully saturated rings. The minimum Gasteiger partial charge on any atom is -0.387 e. The fourth-order valence-corrected chi connectivity index (χ4v) is 2.78. The molecule has 1 N–H and O–H groups in total. The van der Waals surface area contributed by atoms with Gasteiger partial charge in [0.25, 0.3) is 0 Å². The Morgan fingerprint density at radius 2 is 2.00 bits per heavy atom. The highest BCUT2D eigenvalue weighted by atomic mass is 79.9. The van der Waals surface area contributed by atoms with E-state index < -0.39 is 6.10 Å². The van der Waals surface area contributed by atoms with Gasteiger partial charge in [-0.05, 0) is 50.3 Å². The molecule has 1 unspecified atom stereocenters. The van der Waals surface area contributed by atoms with Crippen LogP contribution < -0.4 is 0 Å². The summed E-state index contributed by atoms with van der Waals surface area (Å²) in [4.78, 5) is 4.23. The SMILES string of the molecule is CC(C)CCCC(O)c1ncc(Br)cc1Br. The van der Waals surface area contributed by atoms with Gasteiger partial charge >= 0.3 is 0 Å². The molecule has 0 radical (unpaired) electrons. The van der Waals surface area contributed by atoms with Crippen LogP contribution in [0.5, 0.6) is 0 Å². The molecule has 1 rings (SSSR count). The number of aromatic nitrogens is 1. The molecular weight excluding hydrogens is 334 g/mol. The van der Waals surface area contributed by atoms with E-state index in [4.69, 9.17) is 0 Å². The Labute approximate surface area is 114 Å². The zero-order valence-corrected chi connectivity index (χ0v) is 12.8. The lowest BCUT2D eigenvalue weighted by Gasteiger charge is -2.12. The predicted octanol–water partition coefficient (Wildman–Crippen LogP) is 4.47. The lowest BCUT2D eigenvalue weighted by molar-refractivity contribution is 0.156. The second-order valence-corrected chi connectivity index (χ2v) is 6.13. The zero-order chi connectivity index (χ0) is 12.1. The van der Waals surface area contributed by atoms with Crippen LogP contribution >= 0.6 is 31.9 Å². The second kappa shape index (κ2) is 6.72. The molecule has 1 atom stereocenters. The molecule has 0 aromatic carbocycles. The summed E-state index contributed by atoms with van der Waals surface area (Å²) in [7, 11) is 0. The normalized spacial score (nSPS) is 13.1. The molecule has 0 aliphatic carbocycles. The predicted molar refractivity (Wildman–Crippen MR) is 73.3 cm³/mol. The van der Waals surface area contributed by atoms with E-state index in [9.17, 15) is 5.11 Å². The molecule has 0 amide bonds. The summed E-state index contributed by atoms with van der Waals surface area (Å²) in [5.74, 6) is 0.688. The standard InChI is InChI=1S/C12H17Br2NO/c1-8(2)4-3-5-11(16)12-10(14)6-9(13)7-15-12/h6-8,11,16H,3-5H2,1-2H3. The summed E-state index contributed by atoms with van der Waals surface area (Å²) in [6, 6.07) is 1.91. The molecule has 0 spiro atoms. The lowest BCUT2D eigenvalue weighted by atomic mass is 10.0. The average Bonchev–Trinajstić information content (AvgIpc) is 2.16. The van der Waals surface area contributed by atoms with Gasteiger partial charge in [0.15, 0.2) is 0 Å². The summed E-state index contributed by atoms with van der Waals surface area (Å²) in [5, 5.41) is 10.00. The van der Waals surface area contributed by atoms with Gasteiger partial charge in [0.1, 0.15) is 0 Å². The third kappa shape index (κ3) is 4.52. The van der Waals surface area contributed by atoms with Crippen LogP contribution in [-0.4, -0.2) is 10.1 Å². The summed E-state index contributed by atoms with van der Waals surface area (Å²) >= 11 is 6.76. The largest absolute Gasteiger partial charge is 0.387 e. The number of nitrogens with zero attached hydrogens (tertiary/aromatic N) is 1. The van der Waals surface area contributed by atoms with E-state index in [-0.39, 0.29) is 0 Å². The van der Waals surface area contributed by atoms with Gasteiger partial charge in [-0.1, -0.05) is 26.7 Å². The van der Waals surface area contributed by atoms with Crippen molar-refractivity contribution in [1.82, 2.24) is 4.98 Å². The van der Waals surface area contributed by atoms with E-state index >= 15 is 0 Å². The van der Waals surface area contributed by atoms with Gasteiger partial charge in [-0.15, -0.1) is 0 Å². The molecule has 2 nitrogen and oxygen atoms in total. The molecule has 4 heteroatoms. The first-order valence-electron chi connectivity index (χ1n) is 5.49. The number of rotatable bonds is 5. The van der Waals surface area contributed by atoms with Crippen molar-refractivity contribution in [2.24, 2.45) is 5.92 Å². The maximum absolute atomic E-state index is 10.00. The second-order valence-electron chi connectivity index (χ2n) is 4.36. The molecule has 0 aliphatic heterocycles. The minimum atomic E-state index is -0.471. The highest BCUT2D eigenvalue weighted by molar-refractivity contribution is 9.11. The van der Waals surface area contributed by atoms with Gasteiger partial charge in [-0.3, -0.25) is 4.98 Å². The van der Waals surface area contributed by atoms with Crippen molar-refractivity contribution in [3.63, 3.8) is 0 Å². The zero-order valence-electron chi connectivity index (χ0n) is 9.58. The molecule has 1 heterocycles. The molecule has 0 saturated heterocycles. The monoisotopic (exact) mass is 349 g/mol. The van der Waals surface area contributed by atoms with E-state index in [1.165, 1.54) is 0 Å². The first kappa shape index (κ1) is 14.1. The maximum Gasteiger partial charge on any atom is 0.0971 e. The highest BCUT2D eigenvalue weighted by Crippen LogP contribution is 2.27. The Morgan fingerprint density at radius 3 is 2.56 bits per heavy atom. The Balaban J connectivity index is 2.55. The number of aliphatic hydroxyl groups excluding tert-OH is 1. The maximum atomic E-state index is 10.00. The molecule has 0 bridgehead atoms. The number of aliphatic hydroxyl groups is 1. The van der Waals surface area contributed by atoms with Crippen LogP contribution in [0.15, 0.2) is 21.2 Å². The Morgan fingerprint density at radius 1 is 1.31 bits per heavy atom. The third-order valence-corrected chi connectivity index (χ3v) is 3.48. The smallest absolute Gasteiger partial charge is 0.0971 e. The molecule has 0 saturated carbocycles. The van der Waals surface area contributed by atoms with Gasteiger partial charge in [0.05, 0.1) is 11.8 Å². The fourth-order valence-electron chi connectivity index (χ4n) is 1.53. The molecule has 1 aromatic rings. The van der Waals surface area contributed by atoms with Crippen molar-refractivity contribution >= 4 is 31.9 Å². The van der Waals surface area contributed by atoms with Crippen molar-refractivity contribution in [2.45, 2.75) is 39.2 Å². The summed E-state index contributed by atoms with van der Waals surface area (Å²) in [6.45, 7) is 4.39. The van der Waals surface area contributed by atoms with E-state index in [0.29, 0.717) is 5.92 Å². The Hall–Kier alpha value is 0.0700. The van der Waals surface area contributed by atoms with E-state index in [1.807, 2.05) is 6.07 Å². The van der Waals surface area contributed by atoms with Crippen molar-refractivity contribution < 1.29 is 5.11 Å². The lowest BCUT2D eigenvalue weighted by Crippen LogP contribution is -2.02. The van der Waals surface area contributed by atoms with E-state index in [2.05, 4.69) is 50.7 Å². The average molecular weight is 351 g/mol. The highest BCUT2D eigenvalue weighted by Gasteiger charge is 2.13. The van der Waals surface area contributed by atoms with Crippen molar-refractivity contribution in [3.05, 3.63) is 26.9 Å². The fraction of sp³-hybridized carbons (Fsp3) is 0.583. The minimum absolute atomic E-state index is 0.471. The number of hydrogen-bond acceptors (Lipinski definition) is 2. The van der Waals surface area contributed by atoms with Crippen molar-refractivity contribution in [1.29, 1.82) is 0 Å². The number of hydrogen-bond donors (Lipinski definition) is 1. The van der Waals surface area contributed by atoms with Crippen LogP contribution in [0.3, 0.4) is 0 Å². The van der Waals surface area contributed by atoms with E-state index in [0.717, 1.165) is 33.9 Å². The molecular formula is C12H17Br2NO. The van der Waals surface area contributed by atoms with Crippen molar-refractivity contribution in [2.75, 3.05) is 0 Å². The van der Waals surface area contributed by atoms with Gasteiger partial charge in [-0.2, -0.15) is 0 Å². The Kier molecular flexibility index (Phi) is 5.94. The van der Waals surface area contributed by atoms with Crippen LogP contribution in [0.4, 0.5) is 0 Å². The van der Waals surface area contributed by atoms with Crippen LogP contribution in [0.1, 0.15) is 44.9 Å². The third-order valence-electron chi connectivity index (χ3n) is 2.41. The molecule has 90 valence electrons. The summed E-state index contributed by atoms with van der Waals surface area (Å²) in [6.07, 6.45) is 4.19. The van der Waals surface area contributed by atoms with Gasteiger partial charge < -0.3 is 5.11 Å². The van der Waals surface area contributed by atoms with Gasteiger partial charge in [-0.25, -0.2) is 0 Å². The molecule has 0 aliphatic rings. The first-order valence-corrected chi connectivity index (χ1v) is 7.08. The van der Waals surface area contributed by atoms with Crippen LogP contribution in [0, 0.1) is 5.92 Å². The van der Waals surface area contributed by atoms with Gasteiger partial charge in [0, 0.05) is 15.1 Å². The topological polar surface area (TPSA) is 33.1 Å². The number of halogens is 2. The van der Waals surface area contributed by atoms with Gasteiger partial charge in [0.2, 0.25) is 0 Å². The first-order chi connectivity index (χ1) is 7.50. The van der Waals surface area contributed by atoms with Crippen LogP contribution in [-0.2, 0) is 0 Å². The van der Waals surface area contributed by atoms with Crippen LogP contribution in [0.2, 0.25) is 0 Å². The summed E-state index contributed by atoms with van der Waals surface area (Å²) in [5.41, 5.74) is 0.729. The van der Waals surface area contributed by atoms with E-state index in [1.54, 1.807) is 6.20 Å². The summed E-state index contributed by atoms with van der Waals surface area (Å²) < 4.78 is 1.77. The molecule has 1 aromatic heterocycles. The number of pyridine rings is 1. The molecule has 16 heavy (non-hydrogen) atoms. The van der Waals surface area contributed by atoms with Crippen LogP contribution in [0.25, 0.3) is 0 Å². The Bertz CT molecular complexity index is 342.